The van der Waals surface area contributed by atoms with E-state index in [1.54, 1.807) is 18.5 Å². The van der Waals surface area contributed by atoms with Crippen molar-refractivity contribution in [1.82, 2.24) is 30.5 Å². The SMILES string of the molecule is N#Cc1ccncc1-c1ccc2[nH]nc(-c3cc(=O)[nH]c(O[C@@H]4CNCC[C@H]4F)n3)c2c1. The van der Waals surface area contributed by atoms with Crippen molar-refractivity contribution >= 4 is 10.9 Å². The number of hydrogen-bond donors (Lipinski definition) is 3. The number of rotatable bonds is 4. The number of aromatic nitrogens is 5. The maximum Gasteiger partial charge on any atom is 0.297 e. The van der Waals surface area contributed by atoms with Crippen LogP contribution in [0.15, 0.2) is 47.5 Å². The minimum atomic E-state index is -1.15. The maximum absolute atomic E-state index is 14.2. The number of ether oxygens (including phenoxy) is 1. The molecule has 9 nitrogen and oxygen atoms in total. The summed E-state index contributed by atoms with van der Waals surface area (Å²) < 4.78 is 19.8. The fourth-order valence-corrected chi connectivity index (χ4v) is 3.77. The van der Waals surface area contributed by atoms with E-state index < -0.39 is 17.8 Å². The third kappa shape index (κ3) is 3.70. The molecule has 5 rings (SSSR count). The molecule has 160 valence electrons. The Balaban J connectivity index is 1.55. The molecule has 32 heavy (non-hydrogen) atoms. The molecular formula is C22H18FN7O2. The second-order valence-electron chi connectivity index (χ2n) is 7.47. The van der Waals surface area contributed by atoms with Crippen molar-refractivity contribution in [2.24, 2.45) is 0 Å². The zero-order valence-corrected chi connectivity index (χ0v) is 16.8. The highest BCUT2D eigenvalue weighted by atomic mass is 19.1. The maximum atomic E-state index is 14.2. The van der Waals surface area contributed by atoms with Crippen LogP contribution in [0, 0.1) is 11.3 Å². The third-order valence-electron chi connectivity index (χ3n) is 5.39. The molecule has 0 spiro atoms. The minimum absolute atomic E-state index is 0.0600. The average molecular weight is 431 g/mol. The number of alkyl halides is 1. The summed E-state index contributed by atoms with van der Waals surface area (Å²) in [6.45, 7) is 0.910. The number of hydrogen-bond acceptors (Lipinski definition) is 7. The number of benzene rings is 1. The minimum Gasteiger partial charge on any atom is -0.457 e. The monoisotopic (exact) mass is 431 g/mol. The number of nitrogens with zero attached hydrogens (tertiary/aromatic N) is 4. The molecule has 1 saturated heterocycles. The van der Waals surface area contributed by atoms with E-state index in [-0.39, 0.29) is 11.7 Å². The zero-order valence-electron chi connectivity index (χ0n) is 16.8. The van der Waals surface area contributed by atoms with E-state index in [1.165, 1.54) is 6.07 Å². The molecule has 1 fully saturated rings. The first kappa shape index (κ1) is 19.8. The molecule has 4 aromatic rings. The number of piperidine rings is 1. The Bertz CT molecular complexity index is 1390. The standard InChI is InChI=1S/C22H18FN7O2/c23-16-4-6-26-11-19(16)32-22-27-18(8-20(31)28-22)21-14-7-12(1-2-17(14)29-30-21)15-10-25-5-3-13(15)9-24/h1-3,5,7-8,10,16,19,26H,4,6,11H2,(H,29,30)(H,27,28,31)/t16-,19-/m1/s1. The Morgan fingerprint density at radius 1 is 1.25 bits per heavy atom. The molecule has 1 aromatic carbocycles. The van der Waals surface area contributed by atoms with E-state index in [2.05, 4.69) is 36.5 Å². The largest absolute Gasteiger partial charge is 0.457 e. The van der Waals surface area contributed by atoms with Crippen LogP contribution in [-0.4, -0.2) is 50.5 Å². The molecule has 1 aliphatic rings. The summed E-state index contributed by atoms with van der Waals surface area (Å²) in [5, 5.41) is 20.4. The van der Waals surface area contributed by atoms with Crippen molar-refractivity contribution in [3.05, 3.63) is 58.6 Å². The molecule has 0 unspecified atom stereocenters. The van der Waals surface area contributed by atoms with Crippen LogP contribution in [0.1, 0.15) is 12.0 Å². The first-order valence-electron chi connectivity index (χ1n) is 10.1. The number of aromatic amines is 2. The van der Waals surface area contributed by atoms with Gasteiger partial charge in [0.15, 0.2) is 0 Å². The molecule has 0 radical (unpaired) electrons. The van der Waals surface area contributed by atoms with Gasteiger partial charge in [-0.1, -0.05) is 6.07 Å². The van der Waals surface area contributed by atoms with Gasteiger partial charge in [0.25, 0.3) is 11.6 Å². The Kier molecular flexibility index (Phi) is 5.09. The number of nitriles is 1. The van der Waals surface area contributed by atoms with Gasteiger partial charge in [0.1, 0.15) is 23.7 Å². The number of pyridine rings is 1. The van der Waals surface area contributed by atoms with E-state index in [1.807, 2.05) is 18.2 Å². The van der Waals surface area contributed by atoms with E-state index in [4.69, 9.17) is 4.74 Å². The van der Waals surface area contributed by atoms with Gasteiger partial charge in [-0.2, -0.15) is 15.3 Å². The first-order chi connectivity index (χ1) is 15.6. The summed E-state index contributed by atoms with van der Waals surface area (Å²) in [7, 11) is 0. The lowest BCUT2D eigenvalue weighted by atomic mass is 10.0. The van der Waals surface area contributed by atoms with Gasteiger partial charge in [0, 0.05) is 36.0 Å². The summed E-state index contributed by atoms with van der Waals surface area (Å²) in [5.41, 5.74) is 2.99. The quantitative estimate of drug-likeness (QED) is 0.452. The van der Waals surface area contributed by atoms with E-state index in [0.717, 1.165) is 11.1 Å². The molecule has 3 aromatic heterocycles. The van der Waals surface area contributed by atoms with E-state index >= 15 is 0 Å². The van der Waals surface area contributed by atoms with Gasteiger partial charge in [0.2, 0.25) is 0 Å². The van der Waals surface area contributed by atoms with Gasteiger partial charge in [-0.05, 0) is 36.7 Å². The van der Waals surface area contributed by atoms with Crippen LogP contribution < -0.4 is 15.6 Å². The third-order valence-corrected chi connectivity index (χ3v) is 5.39. The highest BCUT2D eigenvalue weighted by Gasteiger charge is 2.27. The molecule has 0 aliphatic carbocycles. The summed E-state index contributed by atoms with van der Waals surface area (Å²) in [5.74, 6) is 0. The van der Waals surface area contributed by atoms with Crippen LogP contribution >= 0.6 is 0 Å². The number of H-pyrrole nitrogens is 2. The average Bonchev–Trinajstić information content (AvgIpc) is 3.23. The van der Waals surface area contributed by atoms with Crippen LogP contribution in [0.3, 0.4) is 0 Å². The predicted molar refractivity (Wildman–Crippen MR) is 115 cm³/mol. The lowest BCUT2D eigenvalue weighted by Crippen LogP contribution is -2.45. The highest BCUT2D eigenvalue weighted by Crippen LogP contribution is 2.31. The highest BCUT2D eigenvalue weighted by molar-refractivity contribution is 5.95. The van der Waals surface area contributed by atoms with E-state index in [9.17, 15) is 14.4 Å². The molecular weight excluding hydrogens is 413 g/mol. The summed E-state index contributed by atoms with van der Waals surface area (Å²) in [6.07, 6.45) is 1.64. The van der Waals surface area contributed by atoms with Crippen molar-refractivity contribution in [3.63, 3.8) is 0 Å². The Hall–Kier alpha value is -4.10. The fraction of sp³-hybridized carbons (Fsp3) is 0.227. The first-order valence-corrected chi connectivity index (χ1v) is 10.1. The Labute approximate surface area is 181 Å². The fourth-order valence-electron chi connectivity index (χ4n) is 3.77. The van der Waals surface area contributed by atoms with Crippen molar-refractivity contribution in [3.8, 4) is 34.6 Å². The van der Waals surface area contributed by atoms with Gasteiger partial charge in [-0.3, -0.25) is 19.9 Å². The van der Waals surface area contributed by atoms with Crippen LogP contribution in [0.25, 0.3) is 33.4 Å². The normalized spacial score (nSPS) is 18.4. The van der Waals surface area contributed by atoms with Gasteiger partial charge >= 0.3 is 0 Å². The molecule has 0 saturated carbocycles. The van der Waals surface area contributed by atoms with Gasteiger partial charge in [-0.15, -0.1) is 0 Å². The van der Waals surface area contributed by atoms with Crippen molar-refractivity contribution < 1.29 is 9.13 Å². The summed E-state index contributed by atoms with van der Waals surface area (Å²) in [6, 6.07) is 10.6. The zero-order chi connectivity index (χ0) is 22.1. The Morgan fingerprint density at radius 3 is 3.00 bits per heavy atom. The van der Waals surface area contributed by atoms with Crippen molar-refractivity contribution in [1.29, 1.82) is 5.26 Å². The molecule has 3 N–H and O–H groups in total. The molecule has 4 heterocycles. The molecule has 1 aliphatic heterocycles. The molecule has 2 atom stereocenters. The second-order valence-corrected chi connectivity index (χ2v) is 7.47. The summed E-state index contributed by atoms with van der Waals surface area (Å²) in [4.78, 5) is 23.3. The van der Waals surface area contributed by atoms with Gasteiger partial charge in [-0.25, -0.2) is 4.39 Å². The van der Waals surface area contributed by atoms with Gasteiger partial charge in [0.05, 0.1) is 17.1 Å². The Morgan fingerprint density at radius 2 is 2.16 bits per heavy atom. The topological polar surface area (TPSA) is 132 Å². The van der Waals surface area contributed by atoms with Crippen molar-refractivity contribution in [2.75, 3.05) is 13.1 Å². The van der Waals surface area contributed by atoms with Crippen LogP contribution in [-0.2, 0) is 0 Å². The summed E-state index contributed by atoms with van der Waals surface area (Å²) >= 11 is 0. The van der Waals surface area contributed by atoms with Crippen LogP contribution in [0.2, 0.25) is 0 Å². The number of fused-ring (bicyclic) bond motifs is 1. The van der Waals surface area contributed by atoms with Gasteiger partial charge < -0.3 is 10.1 Å². The smallest absolute Gasteiger partial charge is 0.297 e. The molecule has 0 bridgehead atoms. The molecule has 10 heteroatoms. The lowest BCUT2D eigenvalue weighted by Gasteiger charge is -2.26. The van der Waals surface area contributed by atoms with E-state index in [0.29, 0.717) is 41.7 Å². The lowest BCUT2D eigenvalue weighted by molar-refractivity contribution is 0.0666. The second kappa shape index (κ2) is 8.20. The number of halogens is 1. The van der Waals surface area contributed by atoms with Crippen molar-refractivity contribution in [2.45, 2.75) is 18.7 Å². The molecule has 0 amide bonds. The number of nitrogens with one attached hydrogen (secondary N) is 3. The predicted octanol–water partition coefficient (Wildman–Crippen LogP) is 2.33. The van der Waals surface area contributed by atoms with Crippen LogP contribution in [0.4, 0.5) is 4.39 Å². The van der Waals surface area contributed by atoms with Crippen LogP contribution in [0.5, 0.6) is 6.01 Å².